The molecule has 3 heterocycles. The van der Waals surface area contributed by atoms with Crippen LogP contribution in [0.25, 0.3) is 22.3 Å². The van der Waals surface area contributed by atoms with Crippen LogP contribution in [0, 0.1) is 5.82 Å². The van der Waals surface area contributed by atoms with E-state index in [4.69, 9.17) is 16.6 Å². The van der Waals surface area contributed by atoms with Crippen molar-refractivity contribution < 1.29 is 14.3 Å². The normalized spacial score (nSPS) is 15.4. The molecule has 0 unspecified atom stereocenters. The van der Waals surface area contributed by atoms with Gasteiger partial charge in [0.1, 0.15) is 23.7 Å². The zero-order valence-electron chi connectivity index (χ0n) is 14.3. The highest BCUT2D eigenvalue weighted by molar-refractivity contribution is 5.98. The van der Waals surface area contributed by atoms with Gasteiger partial charge in [0, 0.05) is 18.7 Å². The van der Waals surface area contributed by atoms with Crippen LogP contribution in [-0.2, 0) is 0 Å². The van der Waals surface area contributed by atoms with Crippen molar-refractivity contribution in [2.75, 3.05) is 24.6 Å². The molecule has 1 saturated heterocycles. The Hall–Kier alpha value is -3.43. The Morgan fingerprint density at radius 2 is 1.96 bits per heavy atom. The minimum Gasteiger partial charge on any atom is -0.465 e. The molecule has 1 amide bonds. The molecule has 0 aliphatic carbocycles. The van der Waals surface area contributed by atoms with Gasteiger partial charge in [-0.15, -0.1) is 0 Å². The van der Waals surface area contributed by atoms with Crippen molar-refractivity contribution in [1.29, 1.82) is 0 Å². The third-order valence-corrected chi connectivity index (χ3v) is 4.87. The first kappa shape index (κ1) is 17.0. The van der Waals surface area contributed by atoms with Crippen LogP contribution in [0.15, 0.2) is 24.5 Å². The highest BCUT2D eigenvalue weighted by Crippen LogP contribution is 2.34. The van der Waals surface area contributed by atoms with E-state index in [0.29, 0.717) is 48.2 Å². The predicted molar refractivity (Wildman–Crippen MR) is 97.4 cm³/mol. The molecule has 0 bridgehead atoms. The summed E-state index contributed by atoms with van der Waals surface area (Å²) >= 11 is 0. The number of carboxylic acid groups (broad SMARTS) is 1. The first-order valence-electron chi connectivity index (χ1n) is 8.47. The maximum atomic E-state index is 14.0. The number of nitrogens with zero attached hydrogens (tertiary/aromatic N) is 5. The minimum atomic E-state index is -0.927. The standard InChI is InChI=1S/C17H18FN7O2/c18-11-7-9(1-2-12(11)19)14-13-15(20)21-8-22-16(13)25(23-14)10-3-5-24(6-4-10)17(26)27/h1-2,7-8,10H,3-6,19H2,(H,26,27)(H2,20,21,22). The molecule has 0 atom stereocenters. The number of rotatable bonds is 2. The van der Waals surface area contributed by atoms with Crippen LogP contribution in [0.1, 0.15) is 18.9 Å². The Morgan fingerprint density at radius 1 is 1.22 bits per heavy atom. The number of benzene rings is 1. The van der Waals surface area contributed by atoms with Crippen molar-refractivity contribution in [3.63, 3.8) is 0 Å². The molecule has 0 saturated carbocycles. The number of hydrogen-bond acceptors (Lipinski definition) is 6. The maximum absolute atomic E-state index is 14.0. The van der Waals surface area contributed by atoms with Gasteiger partial charge < -0.3 is 21.5 Å². The van der Waals surface area contributed by atoms with Crippen LogP contribution in [0.5, 0.6) is 0 Å². The number of anilines is 2. The molecule has 1 aliphatic heterocycles. The van der Waals surface area contributed by atoms with Gasteiger partial charge in [-0.2, -0.15) is 5.10 Å². The first-order chi connectivity index (χ1) is 13.0. The van der Waals surface area contributed by atoms with E-state index < -0.39 is 11.9 Å². The number of fused-ring (bicyclic) bond motifs is 1. The van der Waals surface area contributed by atoms with Crippen LogP contribution >= 0.6 is 0 Å². The number of likely N-dealkylation sites (tertiary alicyclic amines) is 1. The second-order valence-electron chi connectivity index (χ2n) is 6.49. The van der Waals surface area contributed by atoms with Gasteiger partial charge in [0.2, 0.25) is 0 Å². The van der Waals surface area contributed by atoms with E-state index in [1.54, 1.807) is 10.7 Å². The lowest BCUT2D eigenvalue weighted by atomic mass is 10.1. The van der Waals surface area contributed by atoms with Crippen molar-refractivity contribution in [1.82, 2.24) is 24.6 Å². The SMILES string of the molecule is Nc1ccc(-c2nn(C3CCN(C(=O)O)CC3)c3ncnc(N)c23)cc1F. The summed E-state index contributed by atoms with van der Waals surface area (Å²) in [6.45, 7) is 0.821. The van der Waals surface area contributed by atoms with E-state index in [1.807, 2.05) is 0 Å². The number of nitrogens with two attached hydrogens (primary N) is 2. The number of amides is 1. The third-order valence-electron chi connectivity index (χ3n) is 4.87. The summed E-state index contributed by atoms with van der Waals surface area (Å²) in [6.07, 6.45) is 1.63. The van der Waals surface area contributed by atoms with E-state index in [2.05, 4.69) is 15.1 Å². The highest BCUT2D eigenvalue weighted by atomic mass is 19.1. The molecule has 3 aromatic rings. The fourth-order valence-corrected chi connectivity index (χ4v) is 3.43. The molecule has 0 radical (unpaired) electrons. The average Bonchev–Trinajstić information content (AvgIpc) is 3.05. The quantitative estimate of drug-likeness (QED) is 0.587. The minimum absolute atomic E-state index is 0.0372. The van der Waals surface area contributed by atoms with Gasteiger partial charge in [-0.3, -0.25) is 0 Å². The maximum Gasteiger partial charge on any atom is 0.407 e. The Balaban J connectivity index is 1.80. The topological polar surface area (TPSA) is 136 Å². The Kier molecular flexibility index (Phi) is 4.02. The van der Waals surface area contributed by atoms with Crippen molar-refractivity contribution in [3.8, 4) is 11.3 Å². The Labute approximate surface area is 153 Å². The van der Waals surface area contributed by atoms with Crippen molar-refractivity contribution in [2.24, 2.45) is 0 Å². The Bertz CT molecular complexity index is 1030. The molecule has 1 fully saturated rings. The zero-order chi connectivity index (χ0) is 19.1. The van der Waals surface area contributed by atoms with Crippen LogP contribution in [-0.4, -0.2) is 48.9 Å². The molecule has 1 aliphatic rings. The molecular weight excluding hydrogens is 353 g/mol. The lowest BCUT2D eigenvalue weighted by Gasteiger charge is -2.30. The molecule has 0 spiro atoms. The molecule has 140 valence electrons. The first-order valence-corrected chi connectivity index (χ1v) is 8.47. The summed E-state index contributed by atoms with van der Waals surface area (Å²) in [7, 11) is 0. The summed E-state index contributed by atoms with van der Waals surface area (Å²) < 4.78 is 15.7. The lowest BCUT2D eigenvalue weighted by Crippen LogP contribution is -2.38. The van der Waals surface area contributed by atoms with Crippen LogP contribution in [0.4, 0.5) is 20.7 Å². The Morgan fingerprint density at radius 3 is 2.63 bits per heavy atom. The fourth-order valence-electron chi connectivity index (χ4n) is 3.43. The van der Waals surface area contributed by atoms with Gasteiger partial charge in [-0.1, -0.05) is 6.07 Å². The second kappa shape index (κ2) is 6.38. The number of aromatic nitrogens is 4. The summed E-state index contributed by atoms with van der Waals surface area (Å²) in [6, 6.07) is 4.41. The lowest BCUT2D eigenvalue weighted by molar-refractivity contribution is 0.124. The van der Waals surface area contributed by atoms with Crippen LogP contribution in [0.2, 0.25) is 0 Å². The largest absolute Gasteiger partial charge is 0.465 e. The van der Waals surface area contributed by atoms with E-state index in [1.165, 1.54) is 23.4 Å². The number of halogens is 1. The summed E-state index contributed by atoms with van der Waals surface area (Å²) in [5, 5.41) is 14.3. The monoisotopic (exact) mass is 371 g/mol. The van der Waals surface area contributed by atoms with Crippen molar-refractivity contribution >= 4 is 28.6 Å². The summed E-state index contributed by atoms with van der Waals surface area (Å²) in [5.74, 6) is -0.290. The molecule has 10 heteroatoms. The summed E-state index contributed by atoms with van der Waals surface area (Å²) in [4.78, 5) is 20.9. The third kappa shape index (κ3) is 2.88. The van der Waals surface area contributed by atoms with E-state index >= 15 is 0 Å². The van der Waals surface area contributed by atoms with Crippen LogP contribution in [0.3, 0.4) is 0 Å². The number of carbonyl (C=O) groups is 1. The second-order valence-corrected chi connectivity index (χ2v) is 6.49. The molecular formula is C17H18FN7O2. The van der Waals surface area contributed by atoms with Gasteiger partial charge in [-0.05, 0) is 25.0 Å². The van der Waals surface area contributed by atoms with Crippen LogP contribution < -0.4 is 11.5 Å². The van der Waals surface area contributed by atoms with E-state index in [-0.39, 0.29) is 17.5 Å². The average molecular weight is 371 g/mol. The van der Waals surface area contributed by atoms with E-state index in [0.717, 1.165) is 0 Å². The molecule has 1 aromatic carbocycles. The van der Waals surface area contributed by atoms with Crippen molar-refractivity contribution in [3.05, 3.63) is 30.3 Å². The predicted octanol–water partition coefficient (Wildman–Crippen LogP) is 2.11. The van der Waals surface area contributed by atoms with Gasteiger partial charge in [0.15, 0.2) is 5.65 Å². The van der Waals surface area contributed by atoms with E-state index in [9.17, 15) is 9.18 Å². The molecule has 27 heavy (non-hydrogen) atoms. The smallest absolute Gasteiger partial charge is 0.407 e. The van der Waals surface area contributed by atoms with Gasteiger partial charge in [0.25, 0.3) is 0 Å². The molecule has 5 N–H and O–H groups in total. The molecule has 9 nitrogen and oxygen atoms in total. The highest BCUT2D eigenvalue weighted by Gasteiger charge is 2.27. The summed E-state index contributed by atoms with van der Waals surface area (Å²) in [5.41, 5.74) is 13.2. The van der Waals surface area contributed by atoms with Gasteiger partial charge >= 0.3 is 6.09 Å². The number of hydrogen-bond donors (Lipinski definition) is 3. The molecule has 4 rings (SSSR count). The van der Waals surface area contributed by atoms with Gasteiger partial charge in [-0.25, -0.2) is 23.8 Å². The fraction of sp³-hybridized carbons (Fsp3) is 0.294. The number of piperidine rings is 1. The van der Waals surface area contributed by atoms with Gasteiger partial charge in [0.05, 0.1) is 17.1 Å². The zero-order valence-corrected chi connectivity index (χ0v) is 14.3. The van der Waals surface area contributed by atoms with Crippen molar-refractivity contribution in [2.45, 2.75) is 18.9 Å². The number of nitrogen functional groups attached to an aromatic ring is 2. The molecule has 2 aromatic heterocycles.